The molecule has 0 N–H and O–H groups in total. The molecule has 0 heterocycles. The number of halogens is 6. The van der Waals surface area contributed by atoms with Crippen molar-refractivity contribution >= 4 is 0 Å². The Kier molecular flexibility index (Phi) is 5.25. The second-order valence-electron chi connectivity index (χ2n) is 2.55. The van der Waals surface area contributed by atoms with E-state index in [0.717, 1.165) is 0 Å². The average Bonchev–Trinajstić information content (AvgIpc) is 2.02. The Morgan fingerprint density at radius 3 is 1.93 bits per heavy atom. The lowest BCUT2D eigenvalue weighted by atomic mass is 10.1. The van der Waals surface area contributed by atoms with Crippen molar-refractivity contribution in [2.75, 3.05) is 6.61 Å². The van der Waals surface area contributed by atoms with Crippen LogP contribution in [0.2, 0.25) is 0 Å². The largest absolute Gasteiger partial charge is 0.372 e. The van der Waals surface area contributed by atoms with Crippen LogP contribution in [-0.4, -0.2) is 31.5 Å². The summed E-state index contributed by atoms with van der Waals surface area (Å²) in [6.45, 7) is 0.944. The summed E-state index contributed by atoms with van der Waals surface area (Å²) in [5.74, 6) is -4.54. The van der Waals surface area contributed by atoms with Crippen molar-refractivity contribution in [2.45, 2.75) is 38.2 Å². The van der Waals surface area contributed by atoms with Gasteiger partial charge in [0.25, 0.3) is 0 Å². The highest BCUT2D eigenvalue weighted by atomic mass is 19.3. The predicted octanol–water partition coefficient (Wildman–Crippen LogP) is 2.95. The Morgan fingerprint density at radius 2 is 1.64 bits per heavy atom. The molecule has 0 radical (unpaired) electrons. The third-order valence-corrected chi connectivity index (χ3v) is 1.48. The molecule has 0 spiro atoms. The first-order valence-electron chi connectivity index (χ1n) is 3.88. The van der Waals surface area contributed by atoms with Crippen LogP contribution in [0.15, 0.2) is 0 Å². The molecule has 0 aliphatic carbocycles. The molecule has 1 unspecified atom stereocenters. The van der Waals surface area contributed by atoms with E-state index in [1.54, 1.807) is 0 Å². The smallest absolute Gasteiger partial charge is 0.333 e. The Hall–Kier alpha value is -0.460. The van der Waals surface area contributed by atoms with Crippen LogP contribution in [-0.2, 0) is 4.74 Å². The topological polar surface area (TPSA) is 9.23 Å². The zero-order valence-corrected chi connectivity index (χ0v) is 7.32. The molecule has 0 bridgehead atoms. The van der Waals surface area contributed by atoms with E-state index >= 15 is 0 Å². The van der Waals surface area contributed by atoms with Gasteiger partial charge in [0.15, 0.2) is 0 Å². The summed E-state index contributed by atoms with van der Waals surface area (Å²) in [6, 6.07) is 0. The minimum absolute atomic E-state index is 0.320. The maximum absolute atomic E-state index is 12.5. The van der Waals surface area contributed by atoms with Crippen LogP contribution in [0.3, 0.4) is 0 Å². The second kappa shape index (κ2) is 5.43. The van der Waals surface area contributed by atoms with Gasteiger partial charge in [-0.1, -0.05) is 0 Å². The van der Waals surface area contributed by atoms with Gasteiger partial charge in [0, 0.05) is 13.0 Å². The van der Waals surface area contributed by atoms with Gasteiger partial charge in [-0.15, -0.1) is 0 Å². The van der Waals surface area contributed by atoms with Crippen LogP contribution in [0, 0.1) is 0 Å². The predicted molar refractivity (Wildman–Crippen MR) is 37.0 cm³/mol. The van der Waals surface area contributed by atoms with Gasteiger partial charge in [-0.3, -0.25) is 0 Å². The number of ether oxygens (including phenoxy) is 1. The summed E-state index contributed by atoms with van der Waals surface area (Å²) in [7, 11) is 0. The van der Waals surface area contributed by atoms with E-state index in [0.29, 0.717) is 0 Å². The van der Waals surface area contributed by atoms with Crippen molar-refractivity contribution in [1.82, 2.24) is 0 Å². The Bertz CT molecular complexity index is 160. The van der Waals surface area contributed by atoms with Crippen LogP contribution >= 0.6 is 0 Å². The minimum atomic E-state index is -4.54. The van der Waals surface area contributed by atoms with Crippen molar-refractivity contribution in [1.29, 1.82) is 0 Å². The highest BCUT2D eigenvalue weighted by Crippen LogP contribution is 2.32. The van der Waals surface area contributed by atoms with Crippen LogP contribution < -0.4 is 0 Å². The van der Waals surface area contributed by atoms with E-state index in [-0.39, 0.29) is 6.61 Å². The van der Waals surface area contributed by atoms with E-state index in [1.807, 2.05) is 0 Å². The third-order valence-electron chi connectivity index (χ3n) is 1.48. The van der Waals surface area contributed by atoms with Gasteiger partial charge in [0.2, 0.25) is 6.43 Å². The first-order chi connectivity index (χ1) is 6.32. The quantitative estimate of drug-likeness (QED) is 0.630. The summed E-state index contributed by atoms with van der Waals surface area (Å²) in [5, 5.41) is 0. The summed E-state index contributed by atoms with van der Waals surface area (Å²) >= 11 is 0. The van der Waals surface area contributed by atoms with Gasteiger partial charge in [-0.25, -0.2) is 17.6 Å². The van der Waals surface area contributed by atoms with Crippen molar-refractivity contribution in [3.8, 4) is 0 Å². The van der Waals surface area contributed by atoms with Crippen molar-refractivity contribution < 1.29 is 31.1 Å². The Labute approximate surface area is 77.0 Å². The van der Waals surface area contributed by atoms with Gasteiger partial charge in [-0.2, -0.15) is 8.78 Å². The molecule has 1 atom stereocenters. The minimum Gasteiger partial charge on any atom is -0.372 e. The highest BCUT2D eigenvalue weighted by molar-refractivity contribution is 4.81. The van der Waals surface area contributed by atoms with Crippen LogP contribution in [0.25, 0.3) is 0 Å². The molecular weight excluding hydrogens is 214 g/mol. The van der Waals surface area contributed by atoms with Gasteiger partial charge < -0.3 is 4.74 Å². The van der Waals surface area contributed by atoms with Gasteiger partial charge in [-0.05, 0) is 6.92 Å². The normalized spacial score (nSPS) is 15.2. The molecule has 0 aliphatic heterocycles. The molecular formula is C7H10F6O. The SMILES string of the molecule is CCOC(CC(F)F)C(F)(F)C(F)F. The number of alkyl halides is 6. The molecule has 0 aromatic carbocycles. The van der Waals surface area contributed by atoms with Gasteiger partial charge in [0.1, 0.15) is 6.10 Å². The summed E-state index contributed by atoms with van der Waals surface area (Å²) in [4.78, 5) is 0. The fourth-order valence-corrected chi connectivity index (χ4v) is 0.840. The first-order valence-corrected chi connectivity index (χ1v) is 3.88. The molecule has 1 nitrogen and oxygen atoms in total. The zero-order chi connectivity index (χ0) is 11.4. The van der Waals surface area contributed by atoms with Crippen LogP contribution in [0.1, 0.15) is 13.3 Å². The lowest BCUT2D eigenvalue weighted by Gasteiger charge is -2.25. The fraction of sp³-hybridized carbons (Fsp3) is 1.00. The molecule has 0 fully saturated rings. The van der Waals surface area contributed by atoms with Crippen molar-refractivity contribution in [2.24, 2.45) is 0 Å². The standard InChI is InChI=1S/C7H10F6O/c1-2-14-4(3-5(8)9)7(12,13)6(10)11/h4-6H,2-3H2,1H3. The molecule has 0 rings (SSSR count). The van der Waals surface area contributed by atoms with E-state index in [9.17, 15) is 26.3 Å². The molecule has 0 saturated heterocycles. The third kappa shape index (κ3) is 3.73. The lowest BCUT2D eigenvalue weighted by molar-refractivity contribution is -0.214. The molecule has 0 aromatic heterocycles. The van der Waals surface area contributed by atoms with E-state index < -0.39 is 31.3 Å². The van der Waals surface area contributed by atoms with Crippen LogP contribution in [0.5, 0.6) is 0 Å². The second-order valence-corrected chi connectivity index (χ2v) is 2.55. The maximum atomic E-state index is 12.5. The monoisotopic (exact) mass is 224 g/mol. The highest BCUT2D eigenvalue weighted by Gasteiger charge is 2.50. The van der Waals surface area contributed by atoms with Gasteiger partial charge in [0.05, 0.1) is 0 Å². The molecule has 14 heavy (non-hydrogen) atoms. The molecule has 0 aromatic rings. The molecule has 0 saturated carbocycles. The average molecular weight is 224 g/mol. The molecule has 86 valence electrons. The zero-order valence-electron chi connectivity index (χ0n) is 7.32. The summed E-state index contributed by atoms with van der Waals surface area (Å²) in [6.07, 6.45) is -10.9. The summed E-state index contributed by atoms with van der Waals surface area (Å²) in [5.41, 5.74) is 0. The molecule has 0 amide bonds. The Balaban J connectivity index is 4.45. The van der Waals surface area contributed by atoms with E-state index in [4.69, 9.17) is 0 Å². The Morgan fingerprint density at radius 1 is 1.14 bits per heavy atom. The number of hydrogen-bond donors (Lipinski definition) is 0. The molecule has 0 aliphatic rings. The number of rotatable bonds is 6. The van der Waals surface area contributed by atoms with Crippen LogP contribution in [0.4, 0.5) is 26.3 Å². The van der Waals surface area contributed by atoms with Crippen molar-refractivity contribution in [3.05, 3.63) is 0 Å². The van der Waals surface area contributed by atoms with Crippen molar-refractivity contribution in [3.63, 3.8) is 0 Å². The van der Waals surface area contributed by atoms with E-state index in [1.165, 1.54) is 6.92 Å². The molecule has 7 heteroatoms. The summed E-state index contributed by atoms with van der Waals surface area (Å²) < 4.78 is 76.3. The first kappa shape index (κ1) is 13.5. The fourth-order valence-electron chi connectivity index (χ4n) is 0.840. The van der Waals surface area contributed by atoms with E-state index in [2.05, 4.69) is 4.74 Å². The van der Waals surface area contributed by atoms with Gasteiger partial charge >= 0.3 is 12.3 Å². The maximum Gasteiger partial charge on any atom is 0.333 e. The number of hydrogen-bond acceptors (Lipinski definition) is 1. The lowest BCUT2D eigenvalue weighted by Crippen LogP contribution is -2.43.